The van der Waals surface area contributed by atoms with Crippen LogP contribution in [0.15, 0.2) is 107 Å². The number of nitrogens with zero attached hydrogens (tertiary/aromatic N) is 1. The highest BCUT2D eigenvalue weighted by Crippen LogP contribution is 2.42. The van der Waals surface area contributed by atoms with Crippen molar-refractivity contribution in [2.24, 2.45) is 0 Å². The largest absolute Gasteiger partial charge is 0.351 e. The molecule has 4 aromatic carbocycles. The van der Waals surface area contributed by atoms with Gasteiger partial charge < -0.3 is 10.2 Å². The fourth-order valence-corrected chi connectivity index (χ4v) is 5.75. The third kappa shape index (κ3) is 6.15. The Balaban J connectivity index is 1.32. The van der Waals surface area contributed by atoms with E-state index in [-0.39, 0.29) is 17.7 Å². The second-order valence-corrected chi connectivity index (χ2v) is 11.1. The zero-order chi connectivity index (χ0) is 27.4. The van der Waals surface area contributed by atoms with Crippen LogP contribution in [0.1, 0.15) is 51.0 Å². The van der Waals surface area contributed by atoms with Crippen LogP contribution in [0.2, 0.25) is 0 Å². The fourth-order valence-electron chi connectivity index (χ4n) is 4.69. The van der Waals surface area contributed by atoms with Gasteiger partial charge in [-0.15, -0.1) is 0 Å². The van der Waals surface area contributed by atoms with Crippen LogP contribution in [-0.2, 0) is 11.3 Å². The number of nitrogens with one attached hydrogen (secondary N) is 1. The molecule has 0 aliphatic carbocycles. The Bertz CT molecular complexity index is 1530. The summed E-state index contributed by atoms with van der Waals surface area (Å²) in [6.45, 7) is 7.34. The van der Waals surface area contributed by atoms with Gasteiger partial charge in [-0.1, -0.05) is 97.0 Å². The lowest BCUT2D eigenvalue weighted by Gasteiger charge is -2.31. The first kappa shape index (κ1) is 26.5. The van der Waals surface area contributed by atoms with Gasteiger partial charge in [0.15, 0.2) is 0 Å². The van der Waals surface area contributed by atoms with Gasteiger partial charge in [-0.2, -0.15) is 0 Å². The van der Waals surface area contributed by atoms with Crippen molar-refractivity contribution in [2.75, 3.05) is 11.4 Å². The number of carbonyl (C=O) groups excluding carboxylic acids is 2. The molecule has 0 saturated carbocycles. The minimum atomic E-state index is -0.103. The molecule has 0 aromatic heterocycles. The van der Waals surface area contributed by atoms with Gasteiger partial charge in [0.25, 0.3) is 11.8 Å². The van der Waals surface area contributed by atoms with Crippen LogP contribution < -0.4 is 10.2 Å². The molecule has 5 heteroatoms. The number of para-hydroxylation sites is 1. The lowest BCUT2D eigenvalue weighted by atomic mass is 10.0. The number of amides is 2. The Morgan fingerprint density at radius 2 is 1.64 bits per heavy atom. The fraction of sp³-hybridized carbons (Fsp3) is 0.176. The Labute approximate surface area is 234 Å². The zero-order valence-electron chi connectivity index (χ0n) is 22.5. The van der Waals surface area contributed by atoms with Crippen LogP contribution in [0.25, 0.3) is 6.08 Å². The summed E-state index contributed by atoms with van der Waals surface area (Å²) in [5.74, 6) is 0.105. The van der Waals surface area contributed by atoms with Crippen LogP contribution in [0.5, 0.6) is 0 Å². The average molecular weight is 533 g/mol. The third-order valence-electron chi connectivity index (χ3n) is 7.07. The molecular formula is C34H32N2O2S. The molecule has 0 spiro atoms. The van der Waals surface area contributed by atoms with Crippen LogP contribution in [0.3, 0.4) is 0 Å². The quantitative estimate of drug-likeness (QED) is 0.251. The molecule has 0 bridgehead atoms. The number of fused-ring (bicyclic) bond motifs is 1. The number of hydrogen-bond acceptors (Lipinski definition) is 3. The van der Waals surface area contributed by atoms with Gasteiger partial charge in [-0.25, -0.2) is 0 Å². The molecule has 39 heavy (non-hydrogen) atoms. The third-order valence-corrected chi connectivity index (χ3v) is 8.15. The number of thioether (sulfide) groups is 1. The number of aryl methyl sites for hydroxylation is 2. The lowest BCUT2D eigenvalue weighted by Crippen LogP contribution is -2.34. The van der Waals surface area contributed by atoms with Gasteiger partial charge in [0, 0.05) is 17.0 Å². The molecular weight excluding hydrogens is 500 g/mol. The van der Waals surface area contributed by atoms with E-state index >= 15 is 0 Å². The molecule has 0 fully saturated rings. The number of carbonyl (C=O) groups is 2. The van der Waals surface area contributed by atoms with Crippen LogP contribution in [-0.4, -0.2) is 18.4 Å². The first-order valence-electron chi connectivity index (χ1n) is 13.2. The SMILES string of the molecule is Cc1ccc(C)c(CN2C(=O)/C(=C/c3ccc(C(=O)NC[C@H](C)c4ccccc4)cc3)Sc3ccccc32)c1. The minimum Gasteiger partial charge on any atom is -0.351 e. The monoisotopic (exact) mass is 532 g/mol. The van der Waals surface area contributed by atoms with E-state index in [1.165, 1.54) is 28.5 Å². The highest BCUT2D eigenvalue weighted by atomic mass is 32.2. The van der Waals surface area contributed by atoms with Gasteiger partial charge >= 0.3 is 0 Å². The van der Waals surface area contributed by atoms with E-state index in [0.717, 1.165) is 21.7 Å². The predicted octanol–water partition coefficient (Wildman–Crippen LogP) is 7.52. The van der Waals surface area contributed by atoms with E-state index in [9.17, 15) is 9.59 Å². The van der Waals surface area contributed by atoms with Crippen LogP contribution >= 0.6 is 11.8 Å². The van der Waals surface area contributed by atoms with Gasteiger partial charge in [0.1, 0.15) is 0 Å². The Morgan fingerprint density at radius 3 is 2.41 bits per heavy atom. The molecule has 2 amide bonds. The molecule has 0 unspecified atom stereocenters. The Morgan fingerprint density at radius 1 is 0.923 bits per heavy atom. The van der Waals surface area contributed by atoms with E-state index in [1.54, 1.807) is 0 Å². The topological polar surface area (TPSA) is 49.4 Å². The van der Waals surface area contributed by atoms with E-state index in [2.05, 4.69) is 62.5 Å². The van der Waals surface area contributed by atoms with Crippen molar-refractivity contribution < 1.29 is 9.59 Å². The molecule has 4 aromatic rings. The van der Waals surface area contributed by atoms with Crippen molar-refractivity contribution in [3.8, 4) is 0 Å². The van der Waals surface area contributed by atoms with Gasteiger partial charge in [-0.3, -0.25) is 9.59 Å². The summed E-state index contributed by atoms with van der Waals surface area (Å²) in [5.41, 5.74) is 7.10. The molecule has 0 saturated heterocycles. The highest BCUT2D eigenvalue weighted by molar-refractivity contribution is 8.04. The second kappa shape index (κ2) is 11.7. The lowest BCUT2D eigenvalue weighted by molar-refractivity contribution is -0.114. The number of benzene rings is 4. The van der Waals surface area contributed by atoms with Crippen molar-refractivity contribution in [1.82, 2.24) is 5.32 Å². The Kier molecular flexibility index (Phi) is 7.99. The number of rotatable bonds is 7. The Hall–Kier alpha value is -4.09. The van der Waals surface area contributed by atoms with Crippen LogP contribution in [0, 0.1) is 13.8 Å². The highest BCUT2D eigenvalue weighted by Gasteiger charge is 2.29. The summed E-state index contributed by atoms with van der Waals surface area (Å²) in [6.07, 6.45) is 1.91. The summed E-state index contributed by atoms with van der Waals surface area (Å²) in [6, 6.07) is 32.0. The molecule has 196 valence electrons. The van der Waals surface area contributed by atoms with Crippen LogP contribution in [0.4, 0.5) is 5.69 Å². The summed E-state index contributed by atoms with van der Waals surface area (Å²) >= 11 is 1.49. The van der Waals surface area contributed by atoms with Crippen molar-refractivity contribution in [2.45, 2.75) is 38.1 Å². The standard InChI is InChI=1S/C34H32N2O2S/c1-23-13-14-24(2)29(19-23)22-36-30-11-7-8-12-31(30)39-32(34(36)38)20-26-15-17-28(18-16-26)33(37)35-21-25(3)27-9-5-4-6-10-27/h4-20,25H,21-22H2,1-3H3,(H,35,37)/b32-20-/t25-/m0/s1. The molecule has 5 rings (SSSR count). The average Bonchev–Trinajstić information content (AvgIpc) is 2.96. The first-order chi connectivity index (χ1) is 18.9. The summed E-state index contributed by atoms with van der Waals surface area (Å²) in [7, 11) is 0. The van der Waals surface area contributed by atoms with Gasteiger partial charge in [0.2, 0.25) is 0 Å². The maximum absolute atomic E-state index is 13.7. The zero-order valence-corrected chi connectivity index (χ0v) is 23.3. The summed E-state index contributed by atoms with van der Waals surface area (Å²) < 4.78 is 0. The molecule has 1 N–H and O–H groups in total. The molecule has 0 radical (unpaired) electrons. The normalized spacial score (nSPS) is 14.7. The first-order valence-corrected chi connectivity index (χ1v) is 14.0. The van der Waals surface area contributed by atoms with Gasteiger partial charge in [-0.05, 0) is 72.4 Å². The van der Waals surface area contributed by atoms with E-state index in [4.69, 9.17) is 0 Å². The second-order valence-electron chi connectivity index (χ2n) is 10.0. The number of anilines is 1. The predicted molar refractivity (Wildman–Crippen MR) is 161 cm³/mol. The van der Waals surface area contributed by atoms with E-state index in [1.807, 2.05) is 71.6 Å². The van der Waals surface area contributed by atoms with E-state index < -0.39 is 0 Å². The van der Waals surface area contributed by atoms with Crippen molar-refractivity contribution in [3.05, 3.63) is 135 Å². The summed E-state index contributed by atoms with van der Waals surface area (Å²) in [4.78, 5) is 30.0. The maximum Gasteiger partial charge on any atom is 0.265 e. The van der Waals surface area contributed by atoms with Gasteiger partial charge in [0.05, 0.1) is 17.1 Å². The molecule has 1 aliphatic rings. The smallest absolute Gasteiger partial charge is 0.265 e. The van der Waals surface area contributed by atoms with Crippen molar-refractivity contribution in [3.63, 3.8) is 0 Å². The number of hydrogen-bond donors (Lipinski definition) is 1. The minimum absolute atomic E-state index is 0.0173. The van der Waals surface area contributed by atoms with Crippen molar-refractivity contribution in [1.29, 1.82) is 0 Å². The van der Waals surface area contributed by atoms with Crippen molar-refractivity contribution >= 4 is 35.3 Å². The summed E-state index contributed by atoms with van der Waals surface area (Å²) in [5, 5.41) is 3.03. The molecule has 4 nitrogen and oxygen atoms in total. The van der Waals surface area contributed by atoms with E-state index in [0.29, 0.717) is 23.6 Å². The molecule has 1 atom stereocenters. The molecule has 1 aliphatic heterocycles. The molecule has 1 heterocycles. The maximum atomic E-state index is 13.7.